The lowest BCUT2D eigenvalue weighted by molar-refractivity contribution is -0.145. The van der Waals surface area contributed by atoms with Crippen LogP contribution in [0.5, 0.6) is 5.75 Å². The molecule has 0 fully saturated rings. The van der Waals surface area contributed by atoms with Crippen LogP contribution in [0.25, 0.3) is 0 Å². The molecule has 6 nitrogen and oxygen atoms in total. The van der Waals surface area contributed by atoms with Gasteiger partial charge >= 0.3 is 5.97 Å². The summed E-state index contributed by atoms with van der Waals surface area (Å²) in [7, 11) is 4.48. The summed E-state index contributed by atoms with van der Waals surface area (Å²) in [5.41, 5.74) is 0.476. The monoisotopic (exact) mass is 323 g/mol. The molecule has 1 amide bonds. The summed E-state index contributed by atoms with van der Waals surface area (Å²) in [6.45, 7) is 3.06. The van der Waals surface area contributed by atoms with Crippen molar-refractivity contribution in [2.75, 3.05) is 41.0 Å². The number of ether oxygens (including phenoxy) is 3. The number of carbonyl (C=O) groups is 2. The number of nitrogens with zero attached hydrogens (tertiary/aromatic N) is 1. The van der Waals surface area contributed by atoms with Gasteiger partial charge in [0.15, 0.2) is 0 Å². The molecule has 23 heavy (non-hydrogen) atoms. The van der Waals surface area contributed by atoms with E-state index in [-0.39, 0.29) is 18.4 Å². The van der Waals surface area contributed by atoms with Crippen molar-refractivity contribution in [3.05, 3.63) is 29.8 Å². The van der Waals surface area contributed by atoms with Crippen molar-refractivity contribution in [1.82, 2.24) is 4.90 Å². The van der Waals surface area contributed by atoms with Gasteiger partial charge in [-0.05, 0) is 18.6 Å². The fourth-order valence-electron chi connectivity index (χ4n) is 2.27. The standard InChI is InChI=1S/C17H25NO5/c1-13(17(20)23-4)12-18(10-7-11-21-2)16(19)14-8-5-6-9-15(14)22-3/h5-6,8-9,13H,7,10-12H2,1-4H3. The molecule has 0 aromatic heterocycles. The van der Waals surface area contributed by atoms with E-state index in [1.54, 1.807) is 37.1 Å². The molecule has 0 N–H and O–H groups in total. The first-order valence-electron chi connectivity index (χ1n) is 7.54. The Hall–Kier alpha value is -2.08. The van der Waals surface area contributed by atoms with Crippen molar-refractivity contribution in [1.29, 1.82) is 0 Å². The summed E-state index contributed by atoms with van der Waals surface area (Å²) in [5, 5.41) is 0. The van der Waals surface area contributed by atoms with Crippen molar-refractivity contribution in [2.45, 2.75) is 13.3 Å². The summed E-state index contributed by atoms with van der Waals surface area (Å²) in [6, 6.07) is 7.05. The minimum absolute atomic E-state index is 0.172. The summed E-state index contributed by atoms with van der Waals surface area (Å²) >= 11 is 0. The summed E-state index contributed by atoms with van der Waals surface area (Å²) in [4.78, 5) is 26.1. The highest BCUT2D eigenvalue weighted by molar-refractivity contribution is 5.97. The van der Waals surface area contributed by atoms with E-state index in [2.05, 4.69) is 0 Å². The minimum Gasteiger partial charge on any atom is -0.496 e. The Kier molecular flexibility index (Phi) is 8.11. The molecule has 0 aliphatic rings. The second-order valence-electron chi connectivity index (χ2n) is 5.22. The largest absolute Gasteiger partial charge is 0.496 e. The van der Waals surface area contributed by atoms with Gasteiger partial charge in [-0.2, -0.15) is 0 Å². The van der Waals surface area contributed by atoms with Crippen molar-refractivity contribution >= 4 is 11.9 Å². The molecule has 1 unspecified atom stereocenters. The van der Waals surface area contributed by atoms with Crippen LogP contribution in [0.15, 0.2) is 24.3 Å². The van der Waals surface area contributed by atoms with Crippen molar-refractivity contribution in [3.8, 4) is 5.75 Å². The molecule has 0 radical (unpaired) electrons. The number of carbonyl (C=O) groups excluding carboxylic acids is 2. The van der Waals surface area contributed by atoms with Gasteiger partial charge < -0.3 is 19.1 Å². The number of methoxy groups -OCH3 is 3. The third-order valence-corrected chi connectivity index (χ3v) is 3.50. The third-order valence-electron chi connectivity index (χ3n) is 3.50. The normalized spacial score (nSPS) is 11.7. The molecule has 0 aliphatic carbocycles. The van der Waals surface area contributed by atoms with E-state index >= 15 is 0 Å². The molecule has 0 saturated heterocycles. The highest BCUT2D eigenvalue weighted by Gasteiger charge is 2.24. The molecular formula is C17H25NO5. The van der Waals surface area contributed by atoms with Crippen LogP contribution in [0.3, 0.4) is 0 Å². The number of para-hydroxylation sites is 1. The van der Waals surface area contributed by atoms with E-state index in [9.17, 15) is 9.59 Å². The Morgan fingerprint density at radius 2 is 1.87 bits per heavy atom. The van der Waals surface area contributed by atoms with Crippen LogP contribution in [0, 0.1) is 5.92 Å². The maximum absolute atomic E-state index is 12.8. The van der Waals surface area contributed by atoms with Crippen LogP contribution < -0.4 is 4.74 Å². The molecule has 128 valence electrons. The predicted molar refractivity (Wildman–Crippen MR) is 86.6 cm³/mol. The summed E-state index contributed by atoms with van der Waals surface area (Å²) < 4.78 is 15.0. The Labute approximate surface area is 137 Å². The van der Waals surface area contributed by atoms with E-state index in [1.165, 1.54) is 14.2 Å². The average molecular weight is 323 g/mol. The van der Waals surface area contributed by atoms with Gasteiger partial charge in [-0.25, -0.2) is 0 Å². The Morgan fingerprint density at radius 1 is 1.17 bits per heavy atom. The second kappa shape index (κ2) is 9.84. The van der Waals surface area contributed by atoms with E-state index < -0.39 is 5.92 Å². The van der Waals surface area contributed by atoms with Crippen LogP contribution in [0.2, 0.25) is 0 Å². The molecule has 1 atom stereocenters. The lowest BCUT2D eigenvalue weighted by Crippen LogP contribution is -2.38. The van der Waals surface area contributed by atoms with Gasteiger partial charge in [0.2, 0.25) is 0 Å². The summed E-state index contributed by atoms with van der Waals surface area (Å²) in [6.07, 6.45) is 0.686. The van der Waals surface area contributed by atoms with Crippen LogP contribution >= 0.6 is 0 Å². The first-order valence-corrected chi connectivity index (χ1v) is 7.54. The van der Waals surface area contributed by atoms with Crippen LogP contribution in [-0.4, -0.2) is 57.8 Å². The van der Waals surface area contributed by atoms with Crippen molar-refractivity contribution in [3.63, 3.8) is 0 Å². The zero-order valence-corrected chi connectivity index (χ0v) is 14.2. The second-order valence-corrected chi connectivity index (χ2v) is 5.22. The van der Waals surface area contributed by atoms with Gasteiger partial charge in [-0.3, -0.25) is 9.59 Å². The number of amides is 1. The summed E-state index contributed by atoms with van der Waals surface area (Å²) in [5.74, 6) is -0.398. The highest BCUT2D eigenvalue weighted by atomic mass is 16.5. The molecule has 0 saturated carbocycles. The van der Waals surface area contributed by atoms with E-state index in [0.29, 0.717) is 30.9 Å². The van der Waals surface area contributed by atoms with E-state index in [0.717, 1.165) is 0 Å². The maximum atomic E-state index is 12.8. The number of hydrogen-bond acceptors (Lipinski definition) is 5. The molecule has 0 spiro atoms. The smallest absolute Gasteiger partial charge is 0.310 e. The molecule has 1 aromatic carbocycles. The first kappa shape index (κ1) is 19.0. The topological polar surface area (TPSA) is 65.1 Å². The zero-order valence-electron chi connectivity index (χ0n) is 14.2. The molecule has 0 aliphatic heterocycles. The van der Waals surface area contributed by atoms with Crippen molar-refractivity contribution < 1.29 is 23.8 Å². The van der Waals surface area contributed by atoms with E-state index in [4.69, 9.17) is 14.2 Å². The highest BCUT2D eigenvalue weighted by Crippen LogP contribution is 2.20. The lowest BCUT2D eigenvalue weighted by atomic mass is 10.1. The van der Waals surface area contributed by atoms with Gasteiger partial charge in [0.05, 0.1) is 25.7 Å². The Balaban J connectivity index is 2.93. The quantitative estimate of drug-likeness (QED) is 0.513. The van der Waals surface area contributed by atoms with Gasteiger partial charge in [-0.1, -0.05) is 19.1 Å². The number of hydrogen-bond donors (Lipinski definition) is 0. The van der Waals surface area contributed by atoms with Gasteiger partial charge in [-0.15, -0.1) is 0 Å². The van der Waals surface area contributed by atoms with Gasteiger partial charge in [0.25, 0.3) is 5.91 Å². The third kappa shape index (κ3) is 5.56. The molecule has 0 bridgehead atoms. The SMILES string of the molecule is COCCCN(CC(C)C(=O)OC)C(=O)c1ccccc1OC. The minimum atomic E-state index is -0.402. The first-order chi connectivity index (χ1) is 11.0. The molecule has 1 aromatic rings. The molecule has 0 heterocycles. The van der Waals surface area contributed by atoms with Crippen LogP contribution in [-0.2, 0) is 14.3 Å². The van der Waals surface area contributed by atoms with Gasteiger partial charge in [0, 0.05) is 26.8 Å². The molecule has 6 heteroatoms. The lowest BCUT2D eigenvalue weighted by Gasteiger charge is -2.25. The fourth-order valence-corrected chi connectivity index (χ4v) is 2.27. The molecule has 1 rings (SSSR count). The van der Waals surface area contributed by atoms with Crippen LogP contribution in [0.4, 0.5) is 0 Å². The molecular weight excluding hydrogens is 298 g/mol. The van der Waals surface area contributed by atoms with Gasteiger partial charge in [0.1, 0.15) is 5.75 Å². The zero-order chi connectivity index (χ0) is 17.2. The fraction of sp³-hybridized carbons (Fsp3) is 0.529. The van der Waals surface area contributed by atoms with Crippen molar-refractivity contribution in [2.24, 2.45) is 5.92 Å². The predicted octanol–water partition coefficient (Wildman–Crippen LogP) is 1.98. The number of rotatable bonds is 9. The Morgan fingerprint density at radius 3 is 2.48 bits per heavy atom. The van der Waals surface area contributed by atoms with E-state index in [1.807, 2.05) is 6.07 Å². The average Bonchev–Trinajstić information content (AvgIpc) is 2.59. The number of benzene rings is 1. The Bertz CT molecular complexity index is 517. The number of esters is 1. The maximum Gasteiger partial charge on any atom is 0.310 e. The van der Waals surface area contributed by atoms with Crippen LogP contribution in [0.1, 0.15) is 23.7 Å².